The van der Waals surface area contributed by atoms with Gasteiger partial charge in [0.15, 0.2) is 0 Å². The third kappa shape index (κ3) is 7.62. The third-order valence-corrected chi connectivity index (χ3v) is 14.3. The molecule has 0 N–H and O–H groups in total. The summed E-state index contributed by atoms with van der Waals surface area (Å²) in [6.07, 6.45) is -4.69. The van der Waals surface area contributed by atoms with Crippen molar-refractivity contribution in [2.24, 2.45) is 0 Å². The summed E-state index contributed by atoms with van der Waals surface area (Å²) in [5, 5.41) is 3.80. The van der Waals surface area contributed by atoms with Crippen molar-refractivity contribution in [3.8, 4) is 67.0 Å². The molecule has 12 aromatic rings. The van der Waals surface area contributed by atoms with Gasteiger partial charge in [-0.3, -0.25) is 0 Å². The standard InChI is InChI=1S/C66H46F3N3/c1-40-10-18-44(19-11-40)48-26-30-53-54-31-27-49(45-20-12-41(2)13-21-45)35-61(54)71(60(53)34-48)64-39-59(70-5)65(38-57(64)52-8-6-7-9-58(52)66(67,68)69)72-62-36-50(46-22-14-42(3)15-23-46)28-32-55(62)56-33-29-51(37-63(56)72)47-24-16-43(4)17-25-47/h6-39H,1-4H3. The lowest BCUT2D eigenvalue weighted by Crippen LogP contribution is -2.09. The molecular weight excluding hydrogens is 892 g/mol. The summed E-state index contributed by atoms with van der Waals surface area (Å²) < 4.78 is 50.9. The highest BCUT2D eigenvalue weighted by atomic mass is 19.4. The molecule has 3 nitrogen and oxygen atoms in total. The number of aryl methyl sites for hydroxylation is 4. The fourth-order valence-corrected chi connectivity index (χ4v) is 10.5. The summed E-state index contributed by atoms with van der Waals surface area (Å²) in [4.78, 5) is 4.30. The smallest absolute Gasteiger partial charge is 0.319 e. The van der Waals surface area contributed by atoms with Crippen LogP contribution in [0.4, 0.5) is 18.9 Å². The van der Waals surface area contributed by atoms with Gasteiger partial charge in [-0.25, -0.2) is 4.85 Å². The molecular formula is C66H46F3N3. The molecule has 0 aliphatic heterocycles. The molecule has 0 saturated heterocycles. The minimum absolute atomic E-state index is 0.0126. The van der Waals surface area contributed by atoms with Crippen LogP contribution in [0.1, 0.15) is 27.8 Å². The van der Waals surface area contributed by atoms with Gasteiger partial charge in [-0.1, -0.05) is 186 Å². The molecule has 10 aromatic carbocycles. The monoisotopic (exact) mass is 937 g/mol. The quantitative estimate of drug-likeness (QED) is 0.141. The summed E-state index contributed by atoms with van der Waals surface area (Å²) in [5.41, 5.74) is 16.6. The molecule has 2 heterocycles. The highest BCUT2D eigenvalue weighted by Gasteiger charge is 2.35. The van der Waals surface area contributed by atoms with Crippen LogP contribution in [0.3, 0.4) is 0 Å². The largest absolute Gasteiger partial charge is 0.417 e. The van der Waals surface area contributed by atoms with Crippen molar-refractivity contribution in [1.29, 1.82) is 0 Å². The van der Waals surface area contributed by atoms with Crippen LogP contribution in [-0.2, 0) is 6.18 Å². The van der Waals surface area contributed by atoms with Crippen LogP contribution in [0.15, 0.2) is 206 Å². The fraction of sp³-hybridized carbons (Fsp3) is 0.0758. The second-order valence-corrected chi connectivity index (χ2v) is 19.1. The summed E-state index contributed by atoms with van der Waals surface area (Å²) in [6, 6.07) is 68.4. The average molecular weight is 938 g/mol. The number of halogens is 3. The van der Waals surface area contributed by atoms with E-state index >= 15 is 13.2 Å². The van der Waals surface area contributed by atoms with Crippen molar-refractivity contribution in [1.82, 2.24) is 9.13 Å². The van der Waals surface area contributed by atoms with E-state index in [0.717, 1.165) is 116 Å². The summed E-state index contributed by atoms with van der Waals surface area (Å²) in [6.45, 7) is 17.2. The topological polar surface area (TPSA) is 14.2 Å². The first-order valence-electron chi connectivity index (χ1n) is 24.1. The normalized spacial score (nSPS) is 11.8. The van der Waals surface area contributed by atoms with E-state index in [2.05, 4.69) is 212 Å². The molecule has 0 radical (unpaired) electrons. The molecule has 0 aliphatic rings. The fourth-order valence-electron chi connectivity index (χ4n) is 10.5. The van der Waals surface area contributed by atoms with Crippen molar-refractivity contribution in [3.05, 3.63) is 245 Å². The maximum absolute atomic E-state index is 15.6. The van der Waals surface area contributed by atoms with Crippen LogP contribution < -0.4 is 0 Å². The Bertz CT molecular complexity index is 3940. The number of alkyl halides is 3. The number of benzene rings is 10. The van der Waals surface area contributed by atoms with Gasteiger partial charge in [0.2, 0.25) is 5.69 Å². The molecule has 0 unspecified atom stereocenters. The Hall–Kier alpha value is -8.92. The minimum Gasteiger partial charge on any atom is -0.319 e. The molecule has 0 saturated carbocycles. The van der Waals surface area contributed by atoms with Crippen molar-refractivity contribution in [2.45, 2.75) is 33.9 Å². The van der Waals surface area contributed by atoms with Gasteiger partial charge >= 0.3 is 6.18 Å². The lowest BCUT2D eigenvalue weighted by atomic mass is 9.96. The first-order chi connectivity index (χ1) is 34.9. The highest BCUT2D eigenvalue weighted by molar-refractivity contribution is 6.14. The van der Waals surface area contributed by atoms with E-state index in [1.54, 1.807) is 12.1 Å². The lowest BCUT2D eigenvalue weighted by molar-refractivity contribution is -0.137. The van der Waals surface area contributed by atoms with E-state index in [1.807, 2.05) is 12.1 Å². The maximum Gasteiger partial charge on any atom is 0.417 e. The maximum atomic E-state index is 15.6. The summed E-state index contributed by atoms with van der Waals surface area (Å²) in [5.74, 6) is 0. The number of aromatic nitrogens is 2. The SMILES string of the molecule is [C-]#[N+]c1cc(-n2c3cc(-c4ccc(C)cc4)ccc3c3ccc(-c4ccc(C)cc4)cc32)c(-c2ccccc2C(F)(F)F)cc1-n1c2cc(-c3ccc(C)cc3)ccc2c2ccc(-c3ccc(C)cc3)cc21. The second-order valence-electron chi connectivity index (χ2n) is 19.1. The lowest BCUT2D eigenvalue weighted by Gasteiger charge is -2.21. The second kappa shape index (κ2) is 17.2. The van der Waals surface area contributed by atoms with Gasteiger partial charge in [-0.15, -0.1) is 0 Å². The molecule has 0 atom stereocenters. The van der Waals surface area contributed by atoms with Crippen LogP contribution in [-0.4, -0.2) is 9.13 Å². The van der Waals surface area contributed by atoms with E-state index in [4.69, 9.17) is 6.57 Å². The highest BCUT2D eigenvalue weighted by Crippen LogP contribution is 2.47. The van der Waals surface area contributed by atoms with Crippen LogP contribution in [0.25, 0.3) is 115 Å². The number of rotatable bonds is 7. The Morgan fingerprint density at radius 3 is 1.00 bits per heavy atom. The summed E-state index contributed by atoms with van der Waals surface area (Å²) >= 11 is 0. The molecule has 0 aliphatic carbocycles. The van der Waals surface area contributed by atoms with Crippen LogP contribution in [0.5, 0.6) is 0 Å². The zero-order valence-electron chi connectivity index (χ0n) is 40.1. The Labute approximate surface area is 416 Å². The van der Waals surface area contributed by atoms with Crippen molar-refractivity contribution < 1.29 is 13.2 Å². The number of hydrogen-bond acceptors (Lipinski definition) is 0. The first-order valence-corrected chi connectivity index (χ1v) is 24.1. The molecule has 6 heteroatoms. The van der Waals surface area contributed by atoms with Gasteiger partial charge < -0.3 is 9.13 Å². The zero-order valence-corrected chi connectivity index (χ0v) is 40.1. The molecule has 2 aromatic heterocycles. The molecule has 0 spiro atoms. The number of fused-ring (bicyclic) bond motifs is 6. The average Bonchev–Trinajstić information content (AvgIpc) is 3.89. The molecule has 0 amide bonds. The third-order valence-electron chi connectivity index (χ3n) is 14.3. The van der Waals surface area contributed by atoms with Gasteiger partial charge in [-0.05, 0) is 120 Å². The van der Waals surface area contributed by atoms with Crippen molar-refractivity contribution in [3.63, 3.8) is 0 Å². The zero-order chi connectivity index (χ0) is 49.4. The van der Waals surface area contributed by atoms with Crippen molar-refractivity contribution in [2.75, 3.05) is 0 Å². The Kier molecular flexibility index (Phi) is 10.6. The van der Waals surface area contributed by atoms with Crippen LogP contribution in [0.2, 0.25) is 0 Å². The van der Waals surface area contributed by atoms with E-state index in [9.17, 15) is 0 Å². The van der Waals surface area contributed by atoms with E-state index in [0.29, 0.717) is 16.9 Å². The Morgan fingerprint density at radius 2 is 0.667 bits per heavy atom. The predicted molar refractivity (Wildman–Crippen MR) is 293 cm³/mol. The Morgan fingerprint density at radius 1 is 0.347 bits per heavy atom. The molecule has 0 fully saturated rings. The van der Waals surface area contributed by atoms with E-state index < -0.39 is 11.7 Å². The minimum atomic E-state index is -4.69. The van der Waals surface area contributed by atoms with E-state index in [-0.39, 0.29) is 11.3 Å². The van der Waals surface area contributed by atoms with Gasteiger partial charge in [-0.2, -0.15) is 13.2 Å². The Balaban J connectivity index is 1.21. The van der Waals surface area contributed by atoms with Gasteiger partial charge in [0.25, 0.3) is 0 Å². The van der Waals surface area contributed by atoms with Crippen LogP contribution >= 0.6 is 0 Å². The van der Waals surface area contributed by atoms with E-state index in [1.165, 1.54) is 6.07 Å². The number of hydrogen-bond donors (Lipinski definition) is 0. The van der Waals surface area contributed by atoms with Gasteiger partial charge in [0, 0.05) is 32.8 Å². The molecule has 0 bridgehead atoms. The summed E-state index contributed by atoms with van der Waals surface area (Å²) in [7, 11) is 0. The molecule has 72 heavy (non-hydrogen) atoms. The predicted octanol–water partition coefficient (Wildman–Crippen LogP) is 19.0. The van der Waals surface area contributed by atoms with Gasteiger partial charge in [0.05, 0.1) is 39.9 Å². The van der Waals surface area contributed by atoms with Crippen LogP contribution in [0, 0.1) is 34.3 Å². The number of nitrogens with zero attached hydrogens (tertiary/aromatic N) is 3. The first kappa shape index (κ1) is 44.3. The molecule has 12 rings (SSSR count). The molecule has 346 valence electrons. The van der Waals surface area contributed by atoms with Gasteiger partial charge in [0.1, 0.15) is 0 Å². The van der Waals surface area contributed by atoms with Crippen molar-refractivity contribution >= 4 is 49.3 Å².